The predicted octanol–water partition coefficient (Wildman–Crippen LogP) is 1.85. The topological polar surface area (TPSA) is 73.2 Å². The molecule has 0 aliphatic carbocycles. The molecule has 0 spiro atoms. The van der Waals surface area contributed by atoms with E-state index in [2.05, 4.69) is 14.6 Å². The molecular formula is C13H15F2N3O3S. The van der Waals surface area contributed by atoms with E-state index in [1.165, 1.54) is 24.3 Å². The Kier molecular flexibility index (Phi) is 5.09. The highest BCUT2D eigenvalue weighted by Crippen LogP contribution is 2.25. The van der Waals surface area contributed by atoms with Crippen LogP contribution in [0.3, 0.4) is 0 Å². The van der Waals surface area contributed by atoms with Gasteiger partial charge in [0.05, 0.1) is 6.54 Å². The number of para-hydroxylation sites is 1. The Morgan fingerprint density at radius 2 is 2.05 bits per heavy atom. The molecule has 0 aliphatic heterocycles. The molecule has 0 saturated heterocycles. The lowest BCUT2D eigenvalue weighted by Gasteiger charge is -2.16. The van der Waals surface area contributed by atoms with Gasteiger partial charge in [0, 0.05) is 18.4 Å². The van der Waals surface area contributed by atoms with Crippen LogP contribution in [0.25, 0.3) is 0 Å². The lowest BCUT2D eigenvalue weighted by molar-refractivity contribution is -0.0517. The molecule has 1 aromatic carbocycles. The monoisotopic (exact) mass is 331 g/mol. The van der Waals surface area contributed by atoms with Gasteiger partial charge in [0.1, 0.15) is 10.6 Å². The van der Waals surface area contributed by atoms with Crippen molar-refractivity contribution >= 4 is 10.0 Å². The first kappa shape index (κ1) is 16.4. The maximum absolute atomic E-state index is 12.4. The molecule has 1 atom stereocenters. The van der Waals surface area contributed by atoms with Gasteiger partial charge in [0.25, 0.3) is 0 Å². The molecule has 2 rings (SSSR count). The van der Waals surface area contributed by atoms with E-state index >= 15 is 0 Å². The second-order valence-corrected chi connectivity index (χ2v) is 6.26. The van der Waals surface area contributed by atoms with Gasteiger partial charge in [-0.3, -0.25) is 4.68 Å². The zero-order valence-electron chi connectivity index (χ0n) is 11.7. The average Bonchev–Trinajstić information content (AvgIpc) is 2.90. The third kappa shape index (κ3) is 4.25. The number of nitrogens with one attached hydrogen (secondary N) is 1. The van der Waals surface area contributed by atoms with Crippen LogP contribution >= 0.6 is 0 Å². The van der Waals surface area contributed by atoms with Gasteiger partial charge in [0.15, 0.2) is 0 Å². The van der Waals surface area contributed by atoms with Gasteiger partial charge in [-0.05, 0) is 25.1 Å². The van der Waals surface area contributed by atoms with Crippen molar-refractivity contribution in [2.45, 2.75) is 31.0 Å². The van der Waals surface area contributed by atoms with Gasteiger partial charge in [-0.15, -0.1) is 0 Å². The Morgan fingerprint density at radius 1 is 1.32 bits per heavy atom. The van der Waals surface area contributed by atoms with Crippen molar-refractivity contribution in [1.82, 2.24) is 14.5 Å². The van der Waals surface area contributed by atoms with Crippen LogP contribution in [0.15, 0.2) is 47.6 Å². The van der Waals surface area contributed by atoms with E-state index in [1.54, 1.807) is 30.1 Å². The van der Waals surface area contributed by atoms with Gasteiger partial charge in [-0.1, -0.05) is 12.1 Å². The lowest BCUT2D eigenvalue weighted by Crippen LogP contribution is -2.36. The second-order valence-electron chi connectivity index (χ2n) is 4.58. The molecular weight excluding hydrogens is 316 g/mol. The van der Waals surface area contributed by atoms with Crippen LogP contribution < -0.4 is 9.46 Å². The molecule has 0 aliphatic rings. The van der Waals surface area contributed by atoms with Crippen molar-refractivity contribution in [1.29, 1.82) is 0 Å². The second kappa shape index (κ2) is 6.84. The van der Waals surface area contributed by atoms with E-state index in [0.717, 1.165) is 0 Å². The SMILES string of the molecule is CC(Cn1cccn1)NS(=O)(=O)c1ccccc1OC(F)F. The van der Waals surface area contributed by atoms with Crippen molar-refractivity contribution < 1.29 is 21.9 Å². The summed E-state index contributed by atoms with van der Waals surface area (Å²) in [5.41, 5.74) is 0. The summed E-state index contributed by atoms with van der Waals surface area (Å²) in [5, 5.41) is 3.97. The van der Waals surface area contributed by atoms with Crippen LogP contribution in [0.1, 0.15) is 6.92 Å². The third-order valence-corrected chi connectivity index (χ3v) is 4.36. The fourth-order valence-electron chi connectivity index (χ4n) is 1.92. The molecule has 0 radical (unpaired) electrons. The van der Waals surface area contributed by atoms with Crippen LogP contribution in [-0.2, 0) is 16.6 Å². The minimum absolute atomic E-state index is 0.310. The summed E-state index contributed by atoms with van der Waals surface area (Å²) in [7, 11) is -3.99. The molecule has 6 nitrogen and oxygen atoms in total. The molecule has 1 unspecified atom stereocenters. The van der Waals surface area contributed by atoms with E-state index in [9.17, 15) is 17.2 Å². The van der Waals surface area contributed by atoms with Crippen LogP contribution in [0.2, 0.25) is 0 Å². The first-order chi connectivity index (χ1) is 10.4. The molecule has 0 amide bonds. The zero-order chi connectivity index (χ0) is 16.2. The quantitative estimate of drug-likeness (QED) is 0.840. The van der Waals surface area contributed by atoms with E-state index in [4.69, 9.17) is 0 Å². The molecule has 0 fully saturated rings. The number of rotatable bonds is 7. The van der Waals surface area contributed by atoms with Gasteiger partial charge in [-0.25, -0.2) is 13.1 Å². The van der Waals surface area contributed by atoms with Crippen molar-refractivity contribution in [3.05, 3.63) is 42.7 Å². The summed E-state index contributed by atoms with van der Waals surface area (Å²) in [6.07, 6.45) is 3.27. The number of hydrogen-bond acceptors (Lipinski definition) is 4. The highest BCUT2D eigenvalue weighted by Gasteiger charge is 2.23. The Balaban J connectivity index is 2.16. The largest absolute Gasteiger partial charge is 0.433 e. The summed E-state index contributed by atoms with van der Waals surface area (Å²) >= 11 is 0. The molecule has 9 heteroatoms. The highest BCUT2D eigenvalue weighted by atomic mass is 32.2. The fraction of sp³-hybridized carbons (Fsp3) is 0.308. The van der Waals surface area contributed by atoms with Crippen LogP contribution in [0.4, 0.5) is 8.78 Å². The van der Waals surface area contributed by atoms with Crippen molar-refractivity contribution in [2.24, 2.45) is 0 Å². The number of sulfonamides is 1. The Morgan fingerprint density at radius 3 is 2.68 bits per heavy atom. The van der Waals surface area contributed by atoms with Gasteiger partial charge in [0.2, 0.25) is 10.0 Å². The summed E-state index contributed by atoms with van der Waals surface area (Å²) in [6, 6.07) is 6.48. The molecule has 0 bridgehead atoms. The average molecular weight is 331 g/mol. The Bertz CT molecular complexity index is 705. The summed E-state index contributed by atoms with van der Waals surface area (Å²) < 4.78 is 57.5. The number of benzene rings is 1. The van der Waals surface area contributed by atoms with Crippen LogP contribution in [0.5, 0.6) is 5.75 Å². The molecule has 120 valence electrons. The number of nitrogens with zero attached hydrogens (tertiary/aromatic N) is 2. The molecule has 2 aromatic rings. The van der Waals surface area contributed by atoms with Gasteiger partial charge >= 0.3 is 6.61 Å². The standard InChI is InChI=1S/C13H15F2N3O3S/c1-10(9-18-8-4-7-16-18)17-22(19,20)12-6-3-2-5-11(12)21-13(14)15/h2-8,10,13,17H,9H2,1H3. The fourth-order valence-corrected chi connectivity index (χ4v) is 3.29. The van der Waals surface area contributed by atoms with Crippen molar-refractivity contribution in [3.63, 3.8) is 0 Å². The maximum Gasteiger partial charge on any atom is 0.387 e. The van der Waals surface area contributed by atoms with Gasteiger partial charge in [-0.2, -0.15) is 13.9 Å². The number of hydrogen-bond donors (Lipinski definition) is 1. The zero-order valence-corrected chi connectivity index (χ0v) is 12.5. The molecule has 22 heavy (non-hydrogen) atoms. The number of ether oxygens (including phenoxy) is 1. The van der Waals surface area contributed by atoms with Gasteiger partial charge < -0.3 is 4.74 Å². The van der Waals surface area contributed by atoms with Crippen molar-refractivity contribution in [2.75, 3.05) is 0 Å². The summed E-state index contributed by atoms with van der Waals surface area (Å²) in [5.74, 6) is -0.392. The summed E-state index contributed by atoms with van der Waals surface area (Å²) in [6.45, 7) is -1.14. The molecule has 1 aromatic heterocycles. The van der Waals surface area contributed by atoms with E-state index in [0.29, 0.717) is 6.54 Å². The molecule has 1 heterocycles. The number of halogens is 2. The third-order valence-electron chi connectivity index (χ3n) is 2.73. The van der Waals surface area contributed by atoms with E-state index in [1.807, 2.05) is 0 Å². The first-order valence-electron chi connectivity index (χ1n) is 6.42. The number of alkyl halides is 2. The van der Waals surface area contributed by atoms with Crippen molar-refractivity contribution in [3.8, 4) is 5.75 Å². The normalized spacial score (nSPS) is 13.3. The molecule has 1 N–H and O–H groups in total. The van der Waals surface area contributed by atoms with E-state index in [-0.39, 0.29) is 4.90 Å². The van der Waals surface area contributed by atoms with E-state index < -0.39 is 28.4 Å². The maximum atomic E-state index is 12.4. The lowest BCUT2D eigenvalue weighted by atomic mass is 10.3. The molecule has 0 saturated carbocycles. The minimum Gasteiger partial charge on any atom is -0.433 e. The Labute approximate surface area is 126 Å². The number of aromatic nitrogens is 2. The minimum atomic E-state index is -3.99. The smallest absolute Gasteiger partial charge is 0.387 e. The van der Waals surface area contributed by atoms with Crippen LogP contribution in [0, 0.1) is 0 Å². The predicted molar refractivity (Wildman–Crippen MR) is 75.1 cm³/mol. The Hall–Kier alpha value is -2.00. The highest BCUT2D eigenvalue weighted by molar-refractivity contribution is 7.89. The first-order valence-corrected chi connectivity index (χ1v) is 7.90. The summed E-state index contributed by atoms with van der Waals surface area (Å²) in [4.78, 5) is -0.331. The van der Waals surface area contributed by atoms with Crippen LogP contribution in [-0.4, -0.2) is 30.9 Å².